The highest BCUT2D eigenvalue weighted by Gasteiger charge is 2.62. The number of nitriles is 1. The van der Waals surface area contributed by atoms with E-state index in [9.17, 15) is 40.8 Å². The van der Waals surface area contributed by atoms with Crippen LogP contribution in [0.2, 0.25) is 10.0 Å². The van der Waals surface area contributed by atoms with Crippen LogP contribution in [-0.2, 0) is 24.8 Å². The van der Waals surface area contributed by atoms with Crippen LogP contribution >= 0.6 is 23.2 Å². The number of carbonyl (C=O) groups is 2. The Balaban J connectivity index is 1.38. The van der Waals surface area contributed by atoms with Crippen LogP contribution < -0.4 is 15.4 Å². The molecule has 0 radical (unpaired) electrons. The minimum atomic E-state index is -4.61. The molecular formula is C26H23Cl2F4N5O5S. The van der Waals surface area contributed by atoms with E-state index in [-0.39, 0.29) is 65.3 Å². The third-order valence-corrected chi connectivity index (χ3v) is 10.6. The summed E-state index contributed by atoms with van der Waals surface area (Å²) < 4.78 is 83.8. The molecule has 10 nitrogen and oxygen atoms in total. The van der Waals surface area contributed by atoms with E-state index < -0.39 is 62.5 Å². The van der Waals surface area contributed by atoms with Gasteiger partial charge in [0.05, 0.1) is 38.0 Å². The number of nitrogens with zero attached hydrogens (tertiary/aromatic N) is 3. The number of imide groups is 1. The van der Waals surface area contributed by atoms with E-state index in [1.807, 2.05) is 6.07 Å². The van der Waals surface area contributed by atoms with Crippen LogP contribution in [0.4, 0.5) is 17.6 Å². The first-order chi connectivity index (χ1) is 20.1. The van der Waals surface area contributed by atoms with Crippen LogP contribution in [0.3, 0.4) is 0 Å². The van der Waals surface area contributed by atoms with E-state index in [2.05, 4.69) is 20.4 Å². The second kappa shape index (κ2) is 11.2. The number of pyridine rings is 1. The number of benzene rings is 1. The summed E-state index contributed by atoms with van der Waals surface area (Å²) >= 11 is 11.9. The van der Waals surface area contributed by atoms with Gasteiger partial charge in [0.15, 0.2) is 16.4 Å². The van der Waals surface area contributed by atoms with Crippen molar-refractivity contribution in [1.29, 1.82) is 5.26 Å². The van der Waals surface area contributed by atoms with Crippen molar-refractivity contribution in [2.24, 2.45) is 0 Å². The average molecular weight is 664 g/mol. The van der Waals surface area contributed by atoms with Crippen LogP contribution in [0.5, 0.6) is 5.75 Å². The fourth-order valence-electron chi connectivity index (χ4n) is 5.22. The maximum absolute atomic E-state index is 14.9. The Morgan fingerprint density at radius 2 is 1.91 bits per heavy atom. The molecule has 5 rings (SSSR count). The Hall–Kier alpha value is -3.03. The molecule has 1 aliphatic carbocycles. The molecule has 2 saturated heterocycles. The molecule has 2 amide bonds. The molecule has 2 N–H and O–H groups in total. The van der Waals surface area contributed by atoms with Gasteiger partial charge in [0.25, 0.3) is 0 Å². The van der Waals surface area contributed by atoms with E-state index in [0.717, 1.165) is 29.2 Å². The molecule has 0 spiro atoms. The standard InChI is InChI=1S/C26H23Cl2F4N5O5S/c27-14-5-18(29)21(36-8-14)25(11-34-12-25)23(39)37(24(10-33)3-4-24)22(38)19-7-16(9-35-19)43(40,41)20-2-1-15(6-17(20)28)42-13-26(30,31)32/h1-2,5-6,8,16,19,34-35H,3-4,7,9,11-13H2/t16-,19+/m1/s1. The normalized spacial score (nSPS) is 22.3. The van der Waals surface area contributed by atoms with Crippen molar-refractivity contribution in [3.63, 3.8) is 0 Å². The van der Waals surface area contributed by atoms with Crippen molar-refractivity contribution in [3.05, 3.63) is 52.0 Å². The lowest BCUT2D eigenvalue weighted by Gasteiger charge is -2.44. The first kappa shape index (κ1) is 31.4. The van der Waals surface area contributed by atoms with Gasteiger partial charge in [-0.05, 0) is 37.5 Å². The molecule has 43 heavy (non-hydrogen) atoms. The molecule has 1 aromatic heterocycles. The van der Waals surface area contributed by atoms with Crippen LogP contribution in [0.15, 0.2) is 35.4 Å². The third kappa shape index (κ3) is 5.78. The summed E-state index contributed by atoms with van der Waals surface area (Å²) in [5.74, 6) is -2.82. The number of alkyl halides is 3. The number of aromatic nitrogens is 1. The summed E-state index contributed by atoms with van der Waals surface area (Å²) in [6.45, 7) is -1.93. The number of hydrogen-bond acceptors (Lipinski definition) is 9. The minimum absolute atomic E-state index is 0.00531. The second-order valence-electron chi connectivity index (χ2n) is 10.7. The molecule has 3 aliphatic rings. The molecule has 3 fully saturated rings. The number of carbonyl (C=O) groups excluding carboxylic acids is 2. The molecule has 17 heteroatoms. The fourth-order valence-corrected chi connectivity index (χ4v) is 7.56. The van der Waals surface area contributed by atoms with E-state index in [1.54, 1.807) is 0 Å². The lowest BCUT2D eigenvalue weighted by molar-refractivity contribution is -0.154. The number of amides is 2. The van der Waals surface area contributed by atoms with Gasteiger partial charge in [0.1, 0.15) is 22.5 Å². The molecular weight excluding hydrogens is 641 g/mol. The van der Waals surface area contributed by atoms with Gasteiger partial charge < -0.3 is 15.4 Å². The molecule has 230 valence electrons. The Kier molecular flexibility index (Phi) is 8.14. The van der Waals surface area contributed by atoms with Gasteiger partial charge in [-0.1, -0.05) is 23.2 Å². The Labute approximate surface area is 253 Å². The average Bonchev–Trinajstić information content (AvgIpc) is 3.51. The summed E-state index contributed by atoms with van der Waals surface area (Å²) in [5, 5.41) is 14.1. The summed E-state index contributed by atoms with van der Waals surface area (Å²) in [6, 6.07) is 4.82. The smallest absolute Gasteiger partial charge is 0.422 e. The number of ether oxygens (including phenoxy) is 1. The Morgan fingerprint density at radius 3 is 2.44 bits per heavy atom. The monoisotopic (exact) mass is 663 g/mol. The highest BCUT2D eigenvalue weighted by atomic mass is 35.5. The van der Waals surface area contributed by atoms with Crippen LogP contribution in [0, 0.1) is 17.1 Å². The predicted molar refractivity (Wildman–Crippen MR) is 144 cm³/mol. The molecule has 1 aromatic carbocycles. The van der Waals surface area contributed by atoms with Crippen molar-refractivity contribution in [1.82, 2.24) is 20.5 Å². The predicted octanol–water partition coefficient (Wildman–Crippen LogP) is 2.93. The molecule has 3 heterocycles. The highest BCUT2D eigenvalue weighted by Crippen LogP contribution is 2.45. The Morgan fingerprint density at radius 1 is 1.21 bits per heavy atom. The van der Waals surface area contributed by atoms with Gasteiger partial charge in [-0.25, -0.2) is 12.8 Å². The van der Waals surface area contributed by atoms with Crippen LogP contribution in [0.25, 0.3) is 0 Å². The van der Waals surface area contributed by atoms with Gasteiger partial charge >= 0.3 is 6.18 Å². The van der Waals surface area contributed by atoms with Crippen LogP contribution in [-0.4, -0.2) is 79.4 Å². The van der Waals surface area contributed by atoms with E-state index in [1.165, 1.54) is 6.20 Å². The van der Waals surface area contributed by atoms with Gasteiger partial charge in [0, 0.05) is 31.9 Å². The maximum Gasteiger partial charge on any atom is 0.422 e. The Bertz CT molecular complexity index is 1630. The lowest BCUT2D eigenvalue weighted by atomic mass is 9.76. The summed E-state index contributed by atoms with van der Waals surface area (Å²) in [5.41, 5.74) is -3.30. The van der Waals surface area contributed by atoms with Crippen molar-refractivity contribution in [2.45, 2.75) is 52.6 Å². The van der Waals surface area contributed by atoms with Crippen molar-refractivity contribution in [3.8, 4) is 11.8 Å². The van der Waals surface area contributed by atoms with Crippen LogP contribution in [0.1, 0.15) is 25.0 Å². The number of sulfone groups is 1. The molecule has 2 atom stereocenters. The zero-order valence-corrected chi connectivity index (χ0v) is 24.4. The first-order valence-electron chi connectivity index (χ1n) is 12.9. The number of rotatable bonds is 8. The van der Waals surface area contributed by atoms with Gasteiger partial charge in [-0.2, -0.15) is 18.4 Å². The van der Waals surface area contributed by atoms with E-state index in [4.69, 9.17) is 23.2 Å². The number of nitrogens with one attached hydrogen (secondary N) is 2. The quantitative estimate of drug-likeness (QED) is 0.322. The third-order valence-electron chi connectivity index (χ3n) is 7.75. The summed E-state index contributed by atoms with van der Waals surface area (Å²) in [7, 11) is -4.22. The molecule has 0 bridgehead atoms. The SMILES string of the molecule is N#CC1(N(C(=O)[C@@H]2C[C@@H](S(=O)(=O)c3ccc(OCC(F)(F)F)cc3Cl)CN2)C(=O)C2(c3ncc(Cl)cc3F)CNC2)CC1. The van der Waals surface area contributed by atoms with Crippen molar-refractivity contribution >= 4 is 44.9 Å². The molecule has 2 aromatic rings. The lowest BCUT2D eigenvalue weighted by Crippen LogP contribution is -2.69. The number of hydrogen-bond donors (Lipinski definition) is 2. The summed E-state index contributed by atoms with van der Waals surface area (Å²) in [4.78, 5) is 32.4. The fraction of sp³-hybridized carbons (Fsp3) is 0.462. The summed E-state index contributed by atoms with van der Waals surface area (Å²) in [6.07, 6.45) is -3.36. The topological polar surface area (TPSA) is 141 Å². The van der Waals surface area contributed by atoms with E-state index >= 15 is 0 Å². The second-order valence-corrected chi connectivity index (χ2v) is 13.7. The zero-order chi connectivity index (χ0) is 31.4. The maximum atomic E-state index is 14.9. The molecule has 0 unspecified atom stereocenters. The molecule has 1 saturated carbocycles. The zero-order valence-electron chi connectivity index (χ0n) is 22.1. The highest BCUT2D eigenvalue weighted by molar-refractivity contribution is 7.92. The van der Waals surface area contributed by atoms with Crippen molar-refractivity contribution in [2.75, 3.05) is 26.2 Å². The van der Waals surface area contributed by atoms with Gasteiger partial charge in [0.2, 0.25) is 11.8 Å². The largest absolute Gasteiger partial charge is 0.484 e. The minimum Gasteiger partial charge on any atom is -0.484 e. The number of halogens is 6. The van der Waals surface area contributed by atoms with Gasteiger partial charge in [-0.3, -0.25) is 19.5 Å². The van der Waals surface area contributed by atoms with E-state index in [0.29, 0.717) is 0 Å². The first-order valence-corrected chi connectivity index (χ1v) is 15.2. The molecule has 2 aliphatic heterocycles. The van der Waals surface area contributed by atoms with Gasteiger partial charge in [-0.15, -0.1) is 0 Å². The van der Waals surface area contributed by atoms with Crippen molar-refractivity contribution < 1.29 is 40.3 Å².